The Kier molecular flexibility index (Phi) is 3.82. The van der Waals surface area contributed by atoms with E-state index in [1.54, 1.807) is 0 Å². The Hall–Kier alpha value is 0. The van der Waals surface area contributed by atoms with Crippen molar-refractivity contribution in [2.75, 3.05) is 0 Å². The molecule has 0 aliphatic heterocycles. The fourth-order valence-corrected chi connectivity index (χ4v) is 2.58. The molecule has 1 aliphatic carbocycles. The van der Waals surface area contributed by atoms with Crippen LogP contribution in [-0.4, -0.2) is 0 Å². The van der Waals surface area contributed by atoms with Gasteiger partial charge in [0, 0.05) is 0 Å². The fraction of sp³-hybridized carbons (Fsp3) is 1.00. The predicted octanol–water partition coefficient (Wildman–Crippen LogP) is 4.64. The molecule has 1 saturated carbocycles. The lowest BCUT2D eigenvalue weighted by Gasteiger charge is -2.32. The van der Waals surface area contributed by atoms with Crippen molar-refractivity contribution in [1.29, 1.82) is 0 Å². The van der Waals surface area contributed by atoms with Gasteiger partial charge in [0.25, 0.3) is 0 Å². The summed E-state index contributed by atoms with van der Waals surface area (Å²) in [5.74, 6) is 1.89. The molecule has 13 heavy (non-hydrogen) atoms. The summed E-state index contributed by atoms with van der Waals surface area (Å²) in [4.78, 5) is 0. The van der Waals surface area contributed by atoms with Gasteiger partial charge >= 0.3 is 0 Å². The zero-order valence-electron chi connectivity index (χ0n) is 9.90. The first-order valence-corrected chi connectivity index (χ1v) is 6.08. The second kappa shape index (κ2) is 4.48. The molecule has 2 unspecified atom stereocenters. The third-order valence-electron chi connectivity index (χ3n) is 4.46. The second-order valence-electron chi connectivity index (χ2n) is 5.51. The minimum Gasteiger partial charge on any atom is -0.0651 e. The summed E-state index contributed by atoms with van der Waals surface area (Å²) in [6.45, 7) is 9.64. The van der Waals surface area contributed by atoms with Crippen LogP contribution in [0.15, 0.2) is 0 Å². The molecule has 0 amide bonds. The lowest BCUT2D eigenvalue weighted by atomic mass is 9.73. The van der Waals surface area contributed by atoms with Crippen LogP contribution in [0.5, 0.6) is 0 Å². The zero-order chi connectivity index (χ0) is 9.90. The first-order chi connectivity index (χ1) is 6.08. The molecule has 0 saturated heterocycles. The van der Waals surface area contributed by atoms with Crippen molar-refractivity contribution in [3.05, 3.63) is 0 Å². The van der Waals surface area contributed by atoms with Crippen LogP contribution < -0.4 is 0 Å². The van der Waals surface area contributed by atoms with Gasteiger partial charge in [-0.15, -0.1) is 0 Å². The number of rotatable bonds is 2. The van der Waals surface area contributed by atoms with E-state index in [1.807, 2.05) is 0 Å². The highest BCUT2D eigenvalue weighted by Gasteiger charge is 2.30. The molecule has 0 nitrogen and oxygen atoms in total. The van der Waals surface area contributed by atoms with Gasteiger partial charge in [0.15, 0.2) is 0 Å². The van der Waals surface area contributed by atoms with Crippen LogP contribution in [0.4, 0.5) is 0 Å². The van der Waals surface area contributed by atoms with Gasteiger partial charge in [0.2, 0.25) is 0 Å². The molecular formula is C13H26. The first kappa shape index (κ1) is 11.1. The van der Waals surface area contributed by atoms with Crippen molar-refractivity contribution in [3.8, 4) is 0 Å². The molecule has 1 aliphatic rings. The van der Waals surface area contributed by atoms with Crippen LogP contribution in [0.2, 0.25) is 0 Å². The number of hydrogen-bond acceptors (Lipinski definition) is 0. The normalized spacial score (nSPS) is 36.2. The molecule has 2 atom stereocenters. The molecule has 0 aromatic heterocycles. The molecule has 0 spiro atoms. The van der Waals surface area contributed by atoms with E-state index in [0.29, 0.717) is 5.41 Å². The molecule has 78 valence electrons. The average Bonchev–Trinajstić information content (AvgIpc) is 2.28. The van der Waals surface area contributed by atoms with E-state index >= 15 is 0 Å². The van der Waals surface area contributed by atoms with Crippen molar-refractivity contribution >= 4 is 0 Å². The highest BCUT2D eigenvalue weighted by Crippen LogP contribution is 2.42. The van der Waals surface area contributed by atoms with Crippen molar-refractivity contribution in [2.45, 2.75) is 66.2 Å². The highest BCUT2D eigenvalue weighted by atomic mass is 14.4. The van der Waals surface area contributed by atoms with E-state index in [-0.39, 0.29) is 0 Å². The lowest BCUT2D eigenvalue weighted by Crippen LogP contribution is -2.22. The van der Waals surface area contributed by atoms with Gasteiger partial charge in [-0.05, 0) is 36.5 Å². The van der Waals surface area contributed by atoms with Gasteiger partial charge < -0.3 is 0 Å². The summed E-state index contributed by atoms with van der Waals surface area (Å²) >= 11 is 0. The molecule has 0 heterocycles. The van der Waals surface area contributed by atoms with Crippen LogP contribution in [0.1, 0.15) is 66.2 Å². The van der Waals surface area contributed by atoms with Gasteiger partial charge in [-0.3, -0.25) is 0 Å². The Morgan fingerprint density at radius 3 is 2.46 bits per heavy atom. The maximum Gasteiger partial charge on any atom is -0.0303 e. The third kappa shape index (κ3) is 2.72. The summed E-state index contributed by atoms with van der Waals surface area (Å²) in [5, 5.41) is 0. The van der Waals surface area contributed by atoms with Gasteiger partial charge in [-0.1, -0.05) is 47.0 Å². The van der Waals surface area contributed by atoms with Gasteiger partial charge in [-0.25, -0.2) is 0 Å². The largest absolute Gasteiger partial charge is 0.0651 e. The Labute approximate surface area is 84.1 Å². The van der Waals surface area contributed by atoms with Crippen LogP contribution in [0, 0.1) is 17.3 Å². The third-order valence-corrected chi connectivity index (χ3v) is 4.46. The predicted molar refractivity (Wildman–Crippen MR) is 59.8 cm³/mol. The smallest absolute Gasteiger partial charge is 0.0303 e. The zero-order valence-corrected chi connectivity index (χ0v) is 9.90. The maximum absolute atomic E-state index is 2.50. The molecule has 0 aromatic carbocycles. The van der Waals surface area contributed by atoms with Crippen LogP contribution >= 0.6 is 0 Å². The summed E-state index contributed by atoms with van der Waals surface area (Å²) in [6, 6.07) is 0. The Balaban J connectivity index is 2.52. The average molecular weight is 182 g/mol. The van der Waals surface area contributed by atoms with Crippen LogP contribution in [-0.2, 0) is 0 Å². The minimum atomic E-state index is 0.643. The highest BCUT2D eigenvalue weighted by molar-refractivity contribution is 4.82. The molecule has 1 rings (SSSR count). The summed E-state index contributed by atoms with van der Waals surface area (Å²) in [5.41, 5.74) is 0.643. The van der Waals surface area contributed by atoms with Crippen molar-refractivity contribution in [2.24, 2.45) is 17.3 Å². The monoisotopic (exact) mass is 182 g/mol. The van der Waals surface area contributed by atoms with Gasteiger partial charge in [0.05, 0.1) is 0 Å². The summed E-state index contributed by atoms with van der Waals surface area (Å²) in [6.07, 6.45) is 8.75. The van der Waals surface area contributed by atoms with E-state index in [2.05, 4.69) is 27.7 Å². The Morgan fingerprint density at radius 2 is 1.92 bits per heavy atom. The van der Waals surface area contributed by atoms with E-state index in [0.717, 1.165) is 11.8 Å². The van der Waals surface area contributed by atoms with E-state index in [1.165, 1.54) is 38.5 Å². The van der Waals surface area contributed by atoms with Crippen LogP contribution in [0.25, 0.3) is 0 Å². The van der Waals surface area contributed by atoms with Gasteiger partial charge in [-0.2, -0.15) is 0 Å². The Morgan fingerprint density at radius 1 is 1.23 bits per heavy atom. The second-order valence-corrected chi connectivity index (χ2v) is 5.51. The quantitative estimate of drug-likeness (QED) is 0.546. The Bertz CT molecular complexity index is 148. The van der Waals surface area contributed by atoms with E-state index in [4.69, 9.17) is 0 Å². The number of hydrogen-bond donors (Lipinski definition) is 0. The summed E-state index contributed by atoms with van der Waals surface area (Å²) in [7, 11) is 0. The molecule has 1 fully saturated rings. The minimum absolute atomic E-state index is 0.643. The fourth-order valence-electron chi connectivity index (χ4n) is 2.58. The van der Waals surface area contributed by atoms with E-state index < -0.39 is 0 Å². The standard InChI is InChI=1S/C13H26/c1-5-12-7-6-9-13(4,10-8-12)11(2)3/h11-12H,5-10H2,1-4H3. The maximum atomic E-state index is 2.50. The van der Waals surface area contributed by atoms with Crippen LogP contribution in [0.3, 0.4) is 0 Å². The first-order valence-electron chi connectivity index (χ1n) is 6.08. The van der Waals surface area contributed by atoms with Crippen molar-refractivity contribution in [3.63, 3.8) is 0 Å². The summed E-state index contributed by atoms with van der Waals surface area (Å²) < 4.78 is 0. The SMILES string of the molecule is CCC1CCCC(C)(C(C)C)CC1. The topological polar surface area (TPSA) is 0 Å². The molecule has 0 aromatic rings. The van der Waals surface area contributed by atoms with Crippen molar-refractivity contribution < 1.29 is 0 Å². The van der Waals surface area contributed by atoms with E-state index in [9.17, 15) is 0 Å². The lowest BCUT2D eigenvalue weighted by molar-refractivity contribution is 0.182. The molecule has 0 heteroatoms. The van der Waals surface area contributed by atoms with Crippen molar-refractivity contribution in [1.82, 2.24) is 0 Å². The van der Waals surface area contributed by atoms with Gasteiger partial charge in [0.1, 0.15) is 0 Å². The molecular weight excluding hydrogens is 156 g/mol. The molecule has 0 bridgehead atoms. The molecule has 0 radical (unpaired) electrons. The molecule has 0 N–H and O–H groups in total.